The highest BCUT2D eigenvalue weighted by atomic mass is 19.3. The lowest BCUT2D eigenvalue weighted by Crippen LogP contribution is -2.33. The highest BCUT2D eigenvalue weighted by Crippen LogP contribution is 2.28. The molecule has 24 heavy (non-hydrogen) atoms. The Bertz CT molecular complexity index is 757. The number of phenols is 1. The molecule has 7 heteroatoms. The predicted octanol–water partition coefficient (Wildman–Crippen LogP) is 4.53. The maximum absolute atomic E-state index is 12.9. The van der Waals surface area contributed by atoms with E-state index in [1.165, 1.54) is 48.6 Å². The number of ketones is 1. The molecule has 0 amide bonds. The molecule has 0 heterocycles. The van der Waals surface area contributed by atoms with Crippen LogP contribution in [0.15, 0.2) is 54.6 Å². The van der Waals surface area contributed by atoms with Gasteiger partial charge in [0.05, 0.1) is 0 Å². The second-order valence-electron chi connectivity index (χ2n) is 4.78. The van der Waals surface area contributed by atoms with Gasteiger partial charge in [0.2, 0.25) is 0 Å². The lowest BCUT2D eigenvalue weighted by Gasteiger charge is -2.16. The number of hydrogen-bond donors (Lipinski definition) is 1. The van der Waals surface area contributed by atoms with Crippen molar-refractivity contribution in [3.05, 3.63) is 65.7 Å². The number of hydrogen-bond acceptors (Lipinski definition) is 3. The maximum atomic E-state index is 12.9. The smallest absolute Gasteiger partial charge is 0.461 e. The third-order valence-electron chi connectivity index (χ3n) is 2.92. The first kappa shape index (κ1) is 17.5. The maximum Gasteiger partial charge on any atom is 0.461 e. The molecule has 0 atom stereocenters. The van der Waals surface area contributed by atoms with Crippen molar-refractivity contribution >= 4 is 11.9 Å². The number of alkyl halides is 4. The number of benzene rings is 2. The van der Waals surface area contributed by atoms with Crippen LogP contribution >= 0.6 is 0 Å². The molecular formula is C17H12F4O3. The highest BCUT2D eigenvalue weighted by molar-refractivity contribution is 6.07. The van der Waals surface area contributed by atoms with Crippen molar-refractivity contribution in [2.24, 2.45) is 0 Å². The summed E-state index contributed by atoms with van der Waals surface area (Å²) >= 11 is 0. The highest BCUT2D eigenvalue weighted by Gasteiger charge is 2.43. The molecule has 0 radical (unpaired) electrons. The number of carbonyl (C=O) groups excluding carboxylic acids is 1. The molecule has 0 saturated heterocycles. The van der Waals surface area contributed by atoms with E-state index in [9.17, 15) is 27.5 Å². The molecule has 2 aromatic rings. The van der Waals surface area contributed by atoms with Crippen LogP contribution in [0.3, 0.4) is 0 Å². The van der Waals surface area contributed by atoms with Crippen LogP contribution in [0.1, 0.15) is 15.9 Å². The zero-order valence-electron chi connectivity index (χ0n) is 12.1. The molecule has 0 aromatic heterocycles. The first-order valence-electron chi connectivity index (χ1n) is 6.74. The zero-order valence-corrected chi connectivity index (χ0v) is 12.1. The van der Waals surface area contributed by atoms with E-state index < -0.39 is 24.1 Å². The van der Waals surface area contributed by atoms with Crippen LogP contribution in [-0.4, -0.2) is 23.4 Å². The Kier molecular flexibility index (Phi) is 5.23. The quantitative estimate of drug-likeness (QED) is 0.478. The number of ether oxygens (including phenoxy) is 1. The average Bonchev–Trinajstić information content (AvgIpc) is 2.52. The van der Waals surface area contributed by atoms with Crippen LogP contribution in [0.4, 0.5) is 17.6 Å². The number of phenolic OH excluding ortho intramolecular Hbond substituents is 1. The third kappa shape index (κ3) is 4.58. The fourth-order valence-corrected chi connectivity index (χ4v) is 1.81. The van der Waals surface area contributed by atoms with Crippen molar-refractivity contribution < 1.29 is 32.2 Å². The number of halogens is 4. The van der Waals surface area contributed by atoms with Gasteiger partial charge in [-0.1, -0.05) is 30.3 Å². The van der Waals surface area contributed by atoms with Crippen molar-refractivity contribution in [3.63, 3.8) is 0 Å². The van der Waals surface area contributed by atoms with Gasteiger partial charge >= 0.3 is 12.5 Å². The van der Waals surface area contributed by atoms with E-state index >= 15 is 0 Å². The molecule has 3 nitrogen and oxygen atoms in total. The van der Waals surface area contributed by atoms with Crippen LogP contribution in [0.25, 0.3) is 6.08 Å². The molecule has 2 rings (SSSR count). The van der Waals surface area contributed by atoms with Gasteiger partial charge in [-0.2, -0.15) is 17.6 Å². The molecule has 0 saturated carbocycles. The Hall–Kier alpha value is -2.83. The molecule has 126 valence electrons. The average molecular weight is 340 g/mol. The Morgan fingerprint density at radius 2 is 1.83 bits per heavy atom. The molecule has 0 unspecified atom stereocenters. The molecule has 0 aliphatic heterocycles. The van der Waals surface area contributed by atoms with Crippen LogP contribution < -0.4 is 4.74 Å². The molecule has 0 fully saturated rings. The van der Waals surface area contributed by atoms with E-state index in [1.54, 1.807) is 0 Å². The topological polar surface area (TPSA) is 46.5 Å². The Morgan fingerprint density at radius 1 is 1.12 bits per heavy atom. The minimum absolute atomic E-state index is 0.0705. The second kappa shape index (κ2) is 7.16. The molecule has 0 bridgehead atoms. The van der Waals surface area contributed by atoms with Crippen molar-refractivity contribution in [2.45, 2.75) is 12.5 Å². The van der Waals surface area contributed by atoms with Gasteiger partial charge in [0.15, 0.2) is 5.78 Å². The number of rotatable bonds is 6. The van der Waals surface area contributed by atoms with Crippen molar-refractivity contribution in [1.29, 1.82) is 0 Å². The normalized spacial score (nSPS) is 11.9. The largest absolute Gasteiger partial charge is 0.508 e. The van der Waals surface area contributed by atoms with E-state index in [2.05, 4.69) is 4.74 Å². The zero-order chi connectivity index (χ0) is 17.7. The molecule has 0 aliphatic carbocycles. The molecule has 0 spiro atoms. The molecular weight excluding hydrogens is 328 g/mol. The summed E-state index contributed by atoms with van der Waals surface area (Å²) < 4.78 is 54.0. The summed E-state index contributed by atoms with van der Waals surface area (Å²) in [5, 5.41) is 9.31. The number of allylic oxidation sites excluding steroid dienone is 1. The van der Waals surface area contributed by atoms with Gasteiger partial charge in [0, 0.05) is 5.56 Å². The monoisotopic (exact) mass is 340 g/mol. The fraction of sp³-hybridized carbons (Fsp3) is 0.118. The van der Waals surface area contributed by atoms with Gasteiger partial charge in [-0.15, -0.1) is 0 Å². The van der Waals surface area contributed by atoms with E-state index in [1.807, 2.05) is 0 Å². The van der Waals surface area contributed by atoms with Crippen LogP contribution in [-0.2, 0) is 0 Å². The minimum atomic E-state index is -4.60. The third-order valence-corrected chi connectivity index (χ3v) is 2.92. The van der Waals surface area contributed by atoms with Crippen LogP contribution in [0.5, 0.6) is 11.5 Å². The van der Waals surface area contributed by atoms with Gasteiger partial charge in [-0.3, -0.25) is 4.79 Å². The summed E-state index contributed by atoms with van der Waals surface area (Å²) in [6.07, 6.45) is -6.07. The lowest BCUT2D eigenvalue weighted by molar-refractivity contribution is -0.253. The van der Waals surface area contributed by atoms with E-state index in [0.29, 0.717) is 5.56 Å². The minimum Gasteiger partial charge on any atom is -0.508 e. The van der Waals surface area contributed by atoms with Gasteiger partial charge in [0.1, 0.15) is 11.5 Å². The van der Waals surface area contributed by atoms with Crippen LogP contribution in [0, 0.1) is 0 Å². The number of aromatic hydroxyl groups is 1. The summed E-state index contributed by atoms with van der Waals surface area (Å²) in [5.41, 5.74) is 0.550. The van der Waals surface area contributed by atoms with Crippen molar-refractivity contribution in [1.82, 2.24) is 0 Å². The molecule has 1 N–H and O–H groups in total. The Labute approximate surface area is 134 Å². The van der Waals surface area contributed by atoms with E-state index in [-0.39, 0.29) is 11.3 Å². The molecule has 2 aromatic carbocycles. The molecule has 0 aliphatic rings. The summed E-state index contributed by atoms with van der Waals surface area (Å²) in [6, 6.07) is 10.7. The fourth-order valence-electron chi connectivity index (χ4n) is 1.81. The van der Waals surface area contributed by atoms with Gasteiger partial charge < -0.3 is 9.84 Å². The van der Waals surface area contributed by atoms with E-state index in [4.69, 9.17) is 0 Å². The van der Waals surface area contributed by atoms with Gasteiger partial charge in [-0.25, -0.2) is 0 Å². The summed E-state index contributed by atoms with van der Waals surface area (Å²) in [4.78, 5) is 11.9. The predicted molar refractivity (Wildman–Crippen MR) is 79.5 cm³/mol. The summed E-state index contributed by atoms with van der Waals surface area (Å²) in [6.45, 7) is 0. The van der Waals surface area contributed by atoms with E-state index in [0.717, 1.165) is 12.1 Å². The van der Waals surface area contributed by atoms with Gasteiger partial charge in [0.25, 0.3) is 0 Å². The Morgan fingerprint density at radius 3 is 2.50 bits per heavy atom. The Balaban J connectivity index is 2.13. The standard InChI is InChI=1S/C17H12F4O3/c18-16(19)17(20,21)24-14-6-1-3-11(9-14)7-8-15(23)12-4-2-5-13(22)10-12/h1-10,16,22H/b8-7+. The second-order valence-corrected chi connectivity index (χ2v) is 4.78. The van der Waals surface area contributed by atoms with Crippen molar-refractivity contribution in [3.8, 4) is 11.5 Å². The first-order valence-corrected chi connectivity index (χ1v) is 6.74. The van der Waals surface area contributed by atoms with Crippen LogP contribution in [0.2, 0.25) is 0 Å². The lowest BCUT2D eigenvalue weighted by atomic mass is 10.1. The SMILES string of the molecule is O=C(/C=C/c1cccc(OC(F)(F)C(F)F)c1)c1cccc(O)c1. The van der Waals surface area contributed by atoms with Crippen molar-refractivity contribution in [2.75, 3.05) is 0 Å². The van der Waals surface area contributed by atoms with Gasteiger partial charge in [-0.05, 0) is 35.9 Å². The number of carbonyl (C=O) groups is 1. The first-order chi connectivity index (χ1) is 11.3. The summed E-state index contributed by atoms with van der Waals surface area (Å²) in [5.74, 6) is -0.943. The summed E-state index contributed by atoms with van der Waals surface area (Å²) in [7, 11) is 0.